The third-order valence-electron chi connectivity index (χ3n) is 4.15. The number of sulfone groups is 1. The van der Waals surface area contributed by atoms with Crippen LogP contribution in [0.25, 0.3) is 0 Å². The molecular weight excluding hydrogens is 241 g/mol. The van der Waals surface area contributed by atoms with Gasteiger partial charge in [0.1, 0.15) is 5.82 Å². The first-order valence-electron chi connectivity index (χ1n) is 5.72. The van der Waals surface area contributed by atoms with E-state index in [9.17, 15) is 12.8 Å². The van der Waals surface area contributed by atoms with Crippen LogP contribution in [-0.2, 0) is 15.3 Å². The maximum Gasteiger partial charge on any atom is 0.178 e. The van der Waals surface area contributed by atoms with Crippen molar-refractivity contribution >= 4 is 9.84 Å². The molecule has 0 aromatic heterocycles. The average Bonchev–Trinajstić information content (AvgIpc) is 2.99. The molecule has 1 heterocycles. The Labute approximate surface area is 99.7 Å². The van der Waals surface area contributed by atoms with Crippen LogP contribution in [0, 0.1) is 11.7 Å². The van der Waals surface area contributed by atoms with Gasteiger partial charge in [-0.15, -0.1) is 0 Å². The van der Waals surface area contributed by atoms with Crippen molar-refractivity contribution in [1.29, 1.82) is 0 Å². The zero-order valence-corrected chi connectivity index (χ0v) is 10.1. The Hall–Kier alpha value is -0.940. The smallest absolute Gasteiger partial charge is 0.178 e. The van der Waals surface area contributed by atoms with Gasteiger partial charge >= 0.3 is 0 Å². The van der Waals surface area contributed by atoms with Gasteiger partial charge in [0.2, 0.25) is 0 Å². The molecule has 5 heteroatoms. The first kappa shape index (κ1) is 11.2. The van der Waals surface area contributed by atoms with Gasteiger partial charge in [0.25, 0.3) is 0 Å². The summed E-state index contributed by atoms with van der Waals surface area (Å²) in [5.74, 6) is 0.0868. The monoisotopic (exact) mass is 255 g/mol. The summed E-state index contributed by atoms with van der Waals surface area (Å²) in [4.78, 5) is 0.307. The molecule has 92 valence electrons. The van der Waals surface area contributed by atoms with Gasteiger partial charge in [-0.3, -0.25) is 0 Å². The van der Waals surface area contributed by atoms with Crippen LogP contribution in [0.15, 0.2) is 23.1 Å². The molecule has 1 aliphatic carbocycles. The molecular formula is C12H14FNO2S. The first-order valence-corrected chi connectivity index (χ1v) is 7.38. The second-order valence-corrected chi connectivity index (χ2v) is 7.08. The molecule has 17 heavy (non-hydrogen) atoms. The van der Waals surface area contributed by atoms with Gasteiger partial charge in [0.05, 0.1) is 10.6 Å². The lowest BCUT2D eigenvalue weighted by Gasteiger charge is -2.26. The Morgan fingerprint density at radius 2 is 2.24 bits per heavy atom. The van der Waals surface area contributed by atoms with Crippen molar-refractivity contribution < 1.29 is 12.8 Å². The molecule has 2 atom stereocenters. The summed E-state index contributed by atoms with van der Waals surface area (Å²) in [6.45, 7) is 0.538. The molecule has 0 saturated heterocycles. The molecule has 1 aromatic rings. The predicted octanol–water partition coefficient (Wildman–Crippen LogP) is 1.22. The second kappa shape index (κ2) is 3.29. The number of hydrogen-bond acceptors (Lipinski definition) is 3. The van der Waals surface area contributed by atoms with Gasteiger partial charge in [0, 0.05) is 5.41 Å². The van der Waals surface area contributed by atoms with Crippen LogP contribution in [0.3, 0.4) is 0 Å². The molecule has 1 spiro atoms. The van der Waals surface area contributed by atoms with Crippen molar-refractivity contribution in [1.82, 2.24) is 0 Å². The maximum absolute atomic E-state index is 13.3. The van der Waals surface area contributed by atoms with Gasteiger partial charge in [0.15, 0.2) is 9.84 Å². The van der Waals surface area contributed by atoms with E-state index in [-0.39, 0.29) is 17.0 Å². The van der Waals surface area contributed by atoms with E-state index in [1.165, 1.54) is 18.2 Å². The summed E-state index contributed by atoms with van der Waals surface area (Å²) in [6, 6.07) is 3.99. The number of nitrogens with two attached hydrogens (primary N) is 1. The fraction of sp³-hybridized carbons (Fsp3) is 0.500. The van der Waals surface area contributed by atoms with Gasteiger partial charge in [-0.1, -0.05) is 0 Å². The summed E-state index contributed by atoms with van der Waals surface area (Å²) in [6.07, 6.45) is 1.46. The van der Waals surface area contributed by atoms with Crippen LogP contribution < -0.4 is 5.73 Å². The molecule has 0 amide bonds. The zero-order chi connectivity index (χ0) is 12.3. The van der Waals surface area contributed by atoms with Crippen LogP contribution in [0.4, 0.5) is 4.39 Å². The van der Waals surface area contributed by atoms with Crippen molar-refractivity contribution in [3.8, 4) is 0 Å². The van der Waals surface area contributed by atoms with Crippen molar-refractivity contribution in [2.24, 2.45) is 11.7 Å². The highest BCUT2D eigenvalue weighted by Gasteiger charge is 2.58. The Bertz CT molecular complexity index is 584. The molecule has 1 aliphatic heterocycles. The minimum absolute atomic E-state index is 0.155. The average molecular weight is 255 g/mol. The van der Waals surface area contributed by atoms with E-state index in [1.54, 1.807) is 0 Å². The summed E-state index contributed by atoms with van der Waals surface area (Å²) in [5, 5.41) is 0. The van der Waals surface area contributed by atoms with Gasteiger partial charge in [-0.05, 0) is 49.1 Å². The lowest BCUT2D eigenvalue weighted by Crippen LogP contribution is -2.28. The molecule has 1 saturated carbocycles. The maximum atomic E-state index is 13.3. The highest BCUT2D eigenvalue weighted by atomic mass is 32.2. The fourth-order valence-electron chi connectivity index (χ4n) is 3.05. The number of rotatable bonds is 1. The van der Waals surface area contributed by atoms with Gasteiger partial charge in [-0.2, -0.15) is 0 Å². The molecule has 2 aliphatic rings. The Balaban J connectivity index is 2.21. The summed E-state index contributed by atoms with van der Waals surface area (Å²) in [5.41, 5.74) is 6.14. The predicted molar refractivity (Wildman–Crippen MR) is 61.9 cm³/mol. The molecule has 2 unspecified atom stereocenters. The van der Waals surface area contributed by atoms with Crippen LogP contribution in [0.1, 0.15) is 18.4 Å². The topological polar surface area (TPSA) is 60.2 Å². The zero-order valence-electron chi connectivity index (χ0n) is 9.32. The fourth-order valence-corrected chi connectivity index (χ4v) is 4.77. The molecule has 3 rings (SSSR count). The van der Waals surface area contributed by atoms with E-state index < -0.39 is 9.84 Å². The van der Waals surface area contributed by atoms with Crippen LogP contribution in [0.5, 0.6) is 0 Å². The summed E-state index contributed by atoms with van der Waals surface area (Å²) < 4.78 is 37.2. The molecule has 0 bridgehead atoms. The van der Waals surface area contributed by atoms with Crippen molar-refractivity contribution in [2.45, 2.75) is 23.2 Å². The van der Waals surface area contributed by atoms with Crippen LogP contribution >= 0.6 is 0 Å². The van der Waals surface area contributed by atoms with Gasteiger partial charge in [-0.25, -0.2) is 12.8 Å². The Kier molecular flexibility index (Phi) is 2.16. The Morgan fingerprint density at radius 1 is 1.47 bits per heavy atom. The highest BCUT2D eigenvalue weighted by Crippen LogP contribution is 2.59. The summed E-state index contributed by atoms with van der Waals surface area (Å²) >= 11 is 0. The van der Waals surface area contributed by atoms with E-state index >= 15 is 0 Å². The minimum atomic E-state index is -3.23. The molecule has 0 radical (unpaired) electrons. The normalized spacial score (nSPS) is 33.4. The minimum Gasteiger partial charge on any atom is -0.330 e. The van der Waals surface area contributed by atoms with Crippen molar-refractivity contribution in [3.05, 3.63) is 29.6 Å². The van der Waals surface area contributed by atoms with E-state index in [1.807, 2.05) is 0 Å². The lowest BCUT2D eigenvalue weighted by atomic mass is 9.90. The standard InChI is InChI=1S/C12H14FNO2S/c13-9-1-2-11-10(5-9)12(6-8(12)7-14)3-4-17(11,15)16/h1-2,5,8H,3-4,6-7,14H2. The van der Waals surface area contributed by atoms with E-state index in [0.29, 0.717) is 29.3 Å². The molecule has 3 nitrogen and oxygen atoms in total. The van der Waals surface area contributed by atoms with Crippen LogP contribution in [-0.4, -0.2) is 20.7 Å². The summed E-state index contributed by atoms with van der Waals surface area (Å²) in [7, 11) is -3.23. The number of halogens is 1. The SMILES string of the molecule is NCC1CC12CCS(=O)(=O)c1ccc(F)cc12. The quantitative estimate of drug-likeness (QED) is 0.768. The molecule has 2 N–H and O–H groups in total. The number of hydrogen-bond donors (Lipinski definition) is 1. The number of benzene rings is 1. The van der Waals surface area contributed by atoms with Crippen molar-refractivity contribution in [3.63, 3.8) is 0 Å². The third kappa shape index (κ3) is 1.45. The van der Waals surface area contributed by atoms with E-state index in [4.69, 9.17) is 5.73 Å². The lowest BCUT2D eigenvalue weighted by molar-refractivity contribution is 0.526. The molecule has 1 fully saturated rings. The first-order chi connectivity index (χ1) is 7.99. The Morgan fingerprint density at radius 3 is 2.88 bits per heavy atom. The second-order valence-electron chi connectivity index (χ2n) is 5.00. The molecule has 1 aromatic carbocycles. The van der Waals surface area contributed by atoms with Crippen molar-refractivity contribution in [2.75, 3.05) is 12.3 Å². The highest BCUT2D eigenvalue weighted by molar-refractivity contribution is 7.91. The number of fused-ring (bicyclic) bond motifs is 2. The van der Waals surface area contributed by atoms with E-state index in [2.05, 4.69) is 0 Å². The van der Waals surface area contributed by atoms with Gasteiger partial charge < -0.3 is 5.73 Å². The largest absolute Gasteiger partial charge is 0.330 e. The third-order valence-corrected chi connectivity index (χ3v) is 5.91. The van der Waals surface area contributed by atoms with Crippen LogP contribution in [0.2, 0.25) is 0 Å². The van der Waals surface area contributed by atoms with E-state index in [0.717, 1.165) is 6.42 Å².